The van der Waals surface area contributed by atoms with Gasteiger partial charge in [-0.05, 0) is 45.4 Å². The molecule has 0 fully saturated rings. The fraction of sp³-hybridized carbons (Fsp3) is 0.500. The van der Waals surface area contributed by atoms with Crippen molar-refractivity contribution in [3.63, 3.8) is 0 Å². The number of esters is 1. The van der Waals surface area contributed by atoms with E-state index in [1.165, 1.54) is 0 Å². The second-order valence-electron chi connectivity index (χ2n) is 4.21. The molecule has 0 bridgehead atoms. The van der Waals surface area contributed by atoms with E-state index in [1.807, 2.05) is 52.0 Å². The van der Waals surface area contributed by atoms with Crippen LogP contribution in [0.5, 0.6) is 5.75 Å². The molecule has 1 rings (SSSR count). The van der Waals surface area contributed by atoms with Gasteiger partial charge in [0.05, 0.1) is 18.6 Å². The van der Waals surface area contributed by atoms with E-state index < -0.39 is 0 Å². The minimum Gasteiger partial charge on any atom is -0.491 e. The Morgan fingerprint density at radius 2 is 1.76 bits per heavy atom. The molecule has 3 nitrogen and oxygen atoms in total. The molecular formula is C14H20O3. The summed E-state index contributed by atoms with van der Waals surface area (Å²) < 4.78 is 10.5. The second-order valence-corrected chi connectivity index (χ2v) is 4.21. The van der Waals surface area contributed by atoms with Crippen molar-refractivity contribution in [1.29, 1.82) is 0 Å². The lowest BCUT2D eigenvalue weighted by atomic mass is 10.0. The first-order valence-electron chi connectivity index (χ1n) is 5.97. The number of hydrogen-bond acceptors (Lipinski definition) is 3. The zero-order valence-electron chi connectivity index (χ0n) is 10.9. The van der Waals surface area contributed by atoms with Crippen molar-refractivity contribution in [1.82, 2.24) is 0 Å². The van der Waals surface area contributed by atoms with Gasteiger partial charge >= 0.3 is 5.97 Å². The summed E-state index contributed by atoms with van der Waals surface area (Å²) >= 11 is 0. The third-order valence-corrected chi connectivity index (χ3v) is 2.39. The average molecular weight is 236 g/mol. The van der Waals surface area contributed by atoms with Crippen LogP contribution in [-0.4, -0.2) is 18.7 Å². The zero-order chi connectivity index (χ0) is 12.8. The van der Waals surface area contributed by atoms with E-state index in [-0.39, 0.29) is 18.0 Å². The van der Waals surface area contributed by atoms with Gasteiger partial charge in [0.25, 0.3) is 0 Å². The second kappa shape index (κ2) is 6.28. The van der Waals surface area contributed by atoms with E-state index in [4.69, 9.17) is 9.47 Å². The monoisotopic (exact) mass is 236 g/mol. The molecule has 0 amide bonds. The predicted molar refractivity (Wildman–Crippen MR) is 67.3 cm³/mol. The minimum atomic E-state index is -0.233. The third-order valence-electron chi connectivity index (χ3n) is 2.39. The number of benzene rings is 1. The molecule has 0 aliphatic heterocycles. The van der Waals surface area contributed by atoms with E-state index in [0.717, 1.165) is 11.3 Å². The molecule has 0 radical (unpaired) electrons. The van der Waals surface area contributed by atoms with Crippen LogP contribution in [0.25, 0.3) is 0 Å². The van der Waals surface area contributed by atoms with Crippen molar-refractivity contribution in [2.24, 2.45) is 0 Å². The van der Waals surface area contributed by atoms with Gasteiger partial charge in [0.15, 0.2) is 0 Å². The van der Waals surface area contributed by atoms with Crippen molar-refractivity contribution >= 4 is 5.97 Å². The quantitative estimate of drug-likeness (QED) is 0.737. The van der Waals surface area contributed by atoms with Gasteiger partial charge in [-0.1, -0.05) is 12.1 Å². The largest absolute Gasteiger partial charge is 0.491 e. The van der Waals surface area contributed by atoms with Crippen molar-refractivity contribution in [2.45, 2.75) is 39.7 Å². The molecule has 1 unspecified atom stereocenters. The number of ether oxygens (including phenoxy) is 2. The highest BCUT2D eigenvalue weighted by Crippen LogP contribution is 2.21. The number of carbonyl (C=O) groups is 1. The first kappa shape index (κ1) is 13.6. The van der Waals surface area contributed by atoms with Crippen LogP contribution in [0.15, 0.2) is 24.3 Å². The van der Waals surface area contributed by atoms with Crippen LogP contribution in [-0.2, 0) is 9.53 Å². The molecule has 0 saturated heterocycles. The summed E-state index contributed by atoms with van der Waals surface area (Å²) in [7, 11) is 0. The van der Waals surface area contributed by atoms with Gasteiger partial charge in [0, 0.05) is 0 Å². The highest BCUT2D eigenvalue weighted by molar-refractivity contribution is 5.77. The van der Waals surface area contributed by atoms with Crippen molar-refractivity contribution in [2.75, 3.05) is 6.61 Å². The third kappa shape index (κ3) is 4.10. The number of rotatable bonds is 5. The summed E-state index contributed by atoms with van der Waals surface area (Å²) in [4.78, 5) is 11.6. The minimum absolute atomic E-state index is 0.156. The van der Waals surface area contributed by atoms with Crippen LogP contribution in [0.3, 0.4) is 0 Å². The Hall–Kier alpha value is -1.51. The Bertz CT molecular complexity index is 354. The van der Waals surface area contributed by atoms with Crippen LogP contribution in [0.4, 0.5) is 0 Å². The lowest BCUT2D eigenvalue weighted by Crippen LogP contribution is -2.13. The smallest absolute Gasteiger partial charge is 0.313 e. The molecule has 0 heterocycles. The molecule has 94 valence electrons. The fourth-order valence-electron chi connectivity index (χ4n) is 1.51. The van der Waals surface area contributed by atoms with Crippen molar-refractivity contribution in [3.8, 4) is 5.75 Å². The summed E-state index contributed by atoms with van der Waals surface area (Å²) in [6.45, 7) is 8.03. The summed E-state index contributed by atoms with van der Waals surface area (Å²) in [6.07, 6.45) is 0.156. The van der Waals surface area contributed by atoms with Gasteiger partial charge in [-0.25, -0.2) is 0 Å². The highest BCUT2D eigenvalue weighted by atomic mass is 16.5. The molecule has 1 atom stereocenters. The Morgan fingerprint density at radius 1 is 1.18 bits per heavy atom. The molecule has 0 aromatic heterocycles. The first-order chi connectivity index (χ1) is 8.04. The topological polar surface area (TPSA) is 35.5 Å². The molecule has 17 heavy (non-hydrogen) atoms. The SMILES string of the molecule is CCOC(=O)C(C)c1ccc(OC(C)C)cc1. The van der Waals surface area contributed by atoms with Gasteiger partial charge in [0.1, 0.15) is 5.75 Å². The summed E-state index contributed by atoms with van der Waals surface area (Å²) in [5, 5.41) is 0. The maximum atomic E-state index is 11.6. The van der Waals surface area contributed by atoms with E-state index in [0.29, 0.717) is 6.61 Å². The van der Waals surface area contributed by atoms with Crippen LogP contribution in [0.2, 0.25) is 0 Å². The Kier molecular flexibility index (Phi) is 5.01. The van der Waals surface area contributed by atoms with E-state index >= 15 is 0 Å². The Labute approximate surface area is 103 Å². The molecule has 0 spiro atoms. The predicted octanol–water partition coefficient (Wildman–Crippen LogP) is 3.14. The lowest BCUT2D eigenvalue weighted by molar-refractivity contribution is -0.144. The molecule has 1 aromatic carbocycles. The van der Waals surface area contributed by atoms with Gasteiger partial charge < -0.3 is 9.47 Å². The van der Waals surface area contributed by atoms with Crippen molar-refractivity contribution in [3.05, 3.63) is 29.8 Å². The van der Waals surface area contributed by atoms with Crippen LogP contribution in [0, 0.1) is 0 Å². The van der Waals surface area contributed by atoms with E-state index in [2.05, 4.69) is 0 Å². The van der Waals surface area contributed by atoms with Crippen molar-refractivity contribution < 1.29 is 14.3 Å². The van der Waals surface area contributed by atoms with Gasteiger partial charge in [-0.2, -0.15) is 0 Å². The number of hydrogen-bond donors (Lipinski definition) is 0. The Morgan fingerprint density at radius 3 is 2.24 bits per heavy atom. The first-order valence-corrected chi connectivity index (χ1v) is 5.97. The molecular weight excluding hydrogens is 216 g/mol. The molecule has 0 aliphatic carbocycles. The Balaban J connectivity index is 2.70. The maximum Gasteiger partial charge on any atom is 0.313 e. The summed E-state index contributed by atoms with van der Waals surface area (Å²) in [5.41, 5.74) is 0.944. The highest BCUT2D eigenvalue weighted by Gasteiger charge is 2.16. The summed E-state index contributed by atoms with van der Waals surface area (Å²) in [5.74, 6) is 0.396. The molecule has 1 aromatic rings. The van der Waals surface area contributed by atoms with Crippen LogP contribution >= 0.6 is 0 Å². The van der Waals surface area contributed by atoms with Crippen LogP contribution < -0.4 is 4.74 Å². The maximum absolute atomic E-state index is 11.6. The van der Waals surface area contributed by atoms with E-state index in [9.17, 15) is 4.79 Å². The van der Waals surface area contributed by atoms with Crippen LogP contribution in [0.1, 0.15) is 39.2 Å². The number of carbonyl (C=O) groups excluding carboxylic acids is 1. The van der Waals surface area contributed by atoms with Gasteiger partial charge in [-0.15, -0.1) is 0 Å². The average Bonchev–Trinajstić information content (AvgIpc) is 2.28. The van der Waals surface area contributed by atoms with Gasteiger partial charge in [-0.3, -0.25) is 4.79 Å². The molecule has 0 N–H and O–H groups in total. The summed E-state index contributed by atoms with van der Waals surface area (Å²) in [6, 6.07) is 7.56. The lowest BCUT2D eigenvalue weighted by Gasteiger charge is -2.13. The molecule has 0 aliphatic rings. The fourth-order valence-corrected chi connectivity index (χ4v) is 1.51. The van der Waals surface area contributed by atoms with Gasteiger partial charge in [0.2, 0.25) is 0 Å². The molecule has 0 saturated carbocycles. The standard InChI is InChI=1S/C14H20O3/c1-5-16-14(15)11(4)12-6-8-13(9-7-12)17-10(2)3/h6-11H,5H2,1-4H3. The normalized spacial score (nSPS) is 12.3. The zero-order valence-corrected chi connectivity index (χ0v) is 10.9. The molecule has 3 heteroatoms. The van der Waals surface area contributed by atoms with E-state index in [1.54, 1.807) is 0 Å².